The third kappa shape index (κ3) is 5.29. The van der Waals surface area contributed by atoms with Gasteiger partial charge in [0.25, 0.3) is 0 Å². The number of rotatable bonds is 7. The van der Waals surface area contributed by atoms with Crippen molar-refractivity contribution in [1.29, 1.82) is 0 Å². The average molecular weight is 207 g/mol. The fourth-order valence-corrected chi connectivity index (χ4v) is 4.26. The first-order valence-corrected chi connectivity index (χ1v) is 8.13. The van der Waals surface area contributed by atoms with E-state index in [4.69, 9.17) is 11.8 Å². The monoisotopic (exact) mass is 207 g/mol. The van der Waals surface area contributed by atoms with E-state index in [9.17, 15) is 0 Å². The molecular weight excluding hydrogens is 185 g/mol. The molecule has 0 heterocycles. The first-order chi connectivity index (χ1) is 5.68. The summed E-state index contributed by atoms with van der Waals surface area (Å²) in [6, 6.07) is 0. The first kappa shape index (κ1) is 12.6. The Morgan fingerprint density at radius 2 is 1.50 bits per heavy atom. The highest BCUT2D eigenvalue weighted by molar-refractivity contribution is 8.13. The lowest BCUT2D eigenvalue weighted by Crippen LogP contribution is -2.09. The molecule has 0 aromatic heterocycles. The SMILES string of the molecule is CCCCP(=S)(CCCC)NC. The predicted molar refractivity (Wildman–Crippen MR) is 62.9 cm³/mol. The molecule has 3 heteroatoms. The summed E-state index contributed by atoms with van der Waals surface area (Å²) in [6.07, 6.45) is 6.47. The summed E-state index contributed by atoms with van der Waals surface area (Å²) in [7, 11) is 2.03. The normalized spacial score (nSPS) is 11.9. The van der Waals surface area contributed by atoms with Gasteiger partial charge in [0, 0.05) is 6.19 Å². The van der Waals surface area contributed by atoms with Crippen molar-refractivity contribution in [2.75, 3.05) is 19.4 Å². The van der Waals surface area contributed by atoms with Crippen LogP contribution in [0.4, 0.5) is 0 Å². The Balaban J connectivity index is 3.79. The molecule has 0 saturated carbocycles. The Morgan fingerprint density at radius 1 is 1.08 bits per heavy atom. The summed E-state index contributed by atoms with van der Waals surface area (Å²) in [4.78, 5) is 0. The van der Waals surface area contributed by atoms with Crippen LogP contribution in [0.15, 0.2) is 0 Å². The van der Waals surface area contributed by atoms with Crippen molar-refractivity contribution < 1.29 is 0 Å². The largest absolute Gasteiger partial charge is 0.292 e. The van der Waals surface area contributed by atoms with Crippen molar-refractivity contribution >= 4 is 18.0 Å². The maximum absolute atomic E-state index is 5.63. The molecule has 0 aromatic carbocycles. The van der Waals surface area contributed by atoms with Crippen LogP contribution >= 0.6 is 6.19 Å². The van der Waals surface area contributed by atoms with E-state index in [1.807, 2.05) is 7.05 Å². The minimum absolute atomic E-state index is 1.15. The molecule has 0 spiro atoms. The van der Waals surface area contributed by atoms with E-state index in [-0.39, 0.29) is 0 Å². The van der Waals surface area contributed by atoms with Crippen LogP contribution in [0.2, 0.25) is 0 Å². The van der Waals surface area contributed by atoms with Crippen molar-refractivity contribution in [2.45, 2.75) is 39.5 Å². The molecule has 0 fully saturated rings. The van der Waals surface area contributed by atoms with E-state index in [2.05, 4.69) is 18.9 Å². The van der Waals surface area contributed by atoms with Gasteiger partial charge in [0.2, 0.25) is 0 Å². The summed E-state index contributed by atoms with van der Waals surface area (Å²) in [5.41, 5.74) is 0. The molecule has 0 radical (unpaired) electrons. The molecule has 0 aliphatic heterocycles. The van der Waals surface area contributed by atoms with E-state index >= 15 is 0 Å². The maximum atomic E-state index is 5.63. The predicted octanol–water partition coefficient (Wildman–Crippen LogP) is 3.20. The number of hydrogen-bond acceptors (Lipinski definition) is 1. The summed E-state index contributed by atoms with van der Waals surface area (Å²) in [5.74, 6) is 0. The summed E-state index contributed by atoms with van der Waals surface area (Å²) >= 11 is 5.63. The van der Waals surface area contributed by atoms with Crippen LogP contribution < -0.4 is 5.09 Å². The Kier molecular flexibility index (Phi) is 7.41. The maximum Gasteiger partial charge on any atom is 0.0122 e. The van der Waals surface area contributed by atoms with Crippen LogP contribution in [0.1, 0.15) is 39.5 Å². The molecule has 0 saturated heterocycles. The van der Waals surface area contributed by atoms with Crippen LogP contribution in [0.5, 0.6) is 0 Å². The molecule has 74 valence electrons. The van der Waals surface area contributed by atoms with Gasteiger partial charge in [-0.15, -0.1) is 0 Å². The smallest absolute Gasteiger partial charge is 0.0122 e. The van der Waals surface area contributed by atoms with E-state index in [0.29, 0.717) is 0 Å². The van der Waals surface area contributed by atoms with Crippen molar-refractivity contribution in [1.82, 2.24) is 5.09 Å². The van der Waals surface area contributed by atoms with Gasteiger partial charge in [-0.3, -0.25) is 5.09 Å². The van der Waals surface area contributed by atoms with Crippen LogP contribution in [-0.2, 0) is 11.8 Å². The van der Waals surface area contributed by atoms with E-state index in [1.165, 1.54) is 38.0 Å². The molecule has 0 rings (SSSR count). The number of hydrogen-bond donors (Lipinski definition) is 1. The fraction of sp³-hybridized carbons (Fsp3) is 1.00. The molecule has 1 nitrogen and oxygen atoms in total. The molecule has 0 aliphatic carbocycles. The standard InChI is InChI=1S/C9H22NPS/c1-4-6-8-11(12,10-3)9-7-5-2/h4-9H2,1-3H3,(H,10,12). The molecule has 1 N–H and O–H groups in total. The lowest BCUT2D eigenvalue weighted by atomic mass is 10.4. The van der Waals surface area contributed by atoms with Gasteiger partial charge in [0.1, 0.15) is 0 Å². The van der Waals surface area contributed by atoms with Gasteiger partial charge in [-0.05, 0) is 32.2 Å². The lowest BCUT2D eigenvalue weighted by Gasteiger charge is -2.20. The van der Waals surface area contributed by atoms with Crippen molar-refractivity contribution in [2.24, 2.45) is 0 Å². The molecule has 0 aliphatic rings. The highest BCUT2D eigenvalue weighted by Gasteiger charge is 2.11. The quantitative estimate of drug-likeness (QED) is 0.643. The summed E-state index contributed by atoms with van der Waals surface area (Å²) in [5, 5.41) is 3.37. The van der Waals surface area contributed by atoms with Gasteiger partial charge >= 0.3 is 0 Å². The first-order valence-electron chi connectivity index (χ1n) is 4.95. The minimum Gasteiger partial charge on any atom is -0.292 e. The third-order valence-corrected chi connectivity index (χ3v) is 6.69. The molecule has 0 aromatic rings. The Hall–Kier alpha value is 0.610. The fourth-order valence-electron chi connectivity index (χ4n) is 1.16. The second-order valence-electron chi connectivity index (χ2n) is 3.27. The third-order valence-electron chi connectivity index (χ3n) is 2.15. The lowest BCUT2D eigenvalue weighted by molar-refractivity contribution is 0.859. The number of nitrogens with one attached hydrogen (secondary N) is 1. The number of unbranched alkanes of at least 4 members (excludes halogenated alkanes) is 2. The molecule has 0 unspecified atom stereocenters. The van der Waals surface area contributed by atoms with Gasteiger partial charge in [-0.2, -0.15) is 0 Å². The van der Waals surface area contributed by atoms with Gasteiger partial charge in [-0.1, -0.05) is 38.5 Å². The van der Waals surface area contributed by atoms with E-state index < -0.39 is 6.19 Å². The van der Waals surface area contributed by atoms with Crippen LogP contribution in [0, 0.1) is 0 Å². The molecular formula is C9H22NPS. The van der Waals surface area contributed by atoms with Crippen molar-refractivity contribution in [3.63, 3.8) is 0 Å². The van der Waals surface area contributed by atoms with Crippen molar-refractivity contribution in [3.05, 3.63) is 0 Å². The second kappa shape index (κ2) is 7.06. The summed E-state index contributed by atoms with van der Waals surface area (Å²) < 4.78 is 0. The topological polar surface area (TPSA) is 12.0 Å². The van der Waals surface area contributed by atoms with Crippen LogP contribution in [0.3, 0.4) is 0 Å². The van der Waals surface area contributed by atoms with Gasteiger partial charge < -0.3 is 0 Å². The van der Waals surface area contributed by atoms with Gasteiger partial charge in [0.15, 0.2) is 0 Å². The Bertz CT molecular complexity index is 135. The second-order valence-corrected chi connectivity index (χ2v) is 8.48. The van der Waals surface area contributed by atoms with Crippen LogP contribution in [-0.4, -0.2) is 19.4 Å². The van der Waals surface area contributed by atoms with Gasteiger partial charge in [-0.25, -0.2) is 0 Å². The van der Waals surface area contributed by atoms with Crippen LogP contribution in [0.25, 0.3) is 0 Å². The minimum atomic E-state index is -1.15. The molecule has 0 bridgehead atoms. The summed E-state index contributed by atoms with van der Waals surface area (Å²) in [6.45, 7) is 4.46. The highest BCUT2D eigenvalue weighted by Crippen LogP contribution is 2.42. The molecule has 0 atom stereocenters. The van der Waals surface area contributed by atoms with E-state index in [1.54, 1.807) is 0 Å². The zero-order chi connectivity index (χ0) is 9.45. The Labute approximate surface area is 82.4 Å². The average Bonchev–Trinajstić information content (AvgIpc) is 2.11. The Morgan fingerprint density at radius 3 is 1.75 bits per heavy atom. The molecule has 0 amide bonds. The highest BCUT2D eigenvalue weighted by atomic mass is 32.4. The van der Waals surface area contributed by atoms with Crippen molar-refractivity contribution in [3.8, 4) is 0 Å². The van der Waals surface area contributed by atoms with E-state index in [0.717, 1.165) is 0 Å². The zero-order valence-electron chi connectivity index (χ0n) is 8.60. The van der Waals surface area contributed by atoms with Gasteiger partial charge in [0.05, 0.1) is 0 Å². The zero-order valence-corrected chi connectivity index (χ0v) is 10.3. The molecule has 12 heavy (non-hydrogen) atoms.